The van der Waals surface area contributed by atoms with E-state index in [1.54, 1.807) is 0 Å². The molecule has 1 unspecified atom stereocenters. The van der Waals surface area contributed by atoms with E-state index in [0.717, 1.165) is 29.7 Å². The number of rotatable bonds is 3. The first-order valence-electron chi connectivity index (χ1n) is 9.09. The van der Waals surface area contributed by atoms with E-state index in [4.69, 9.17) is 9.57 Å². The zero-order valence-electron chi connectivity index (χ0n) is 16.2. The van der Waals surface area contributed by atoms with Gasteiger partial charge in [0, 0.05) is 18.4 Å². The summed E-state index contributed by atoms with van der Waals surface area (Å²) in [6.07, 6.45) is 4.42. The Balaban J connectivity index is 2.03. The number of ether oxygens (including phenoxy) is 1. The predicted octanol–water partition coefficient (Wildman–Crippen LogP) is 4.17. The van der Waals surface area contributed by atoms with Crippen LogP contribution in [0, 0.1) is 5.41 Å². The maximum atomic E-state index is 12.8. The molecule has 0 bridgehead atoms. The molecule has 0 spiro atoms. The number of ketones is 1. The molecule has 4 nitrogen and oxygen atoms in total. The van der Waals surface area contributed by atoms with Gasteiger partial charge in [-0.05, 0) is 39.5 Å². The van der Waals surface area contributed by atoms with E-state index in [1.165, 1.54) is 0 Å². The molecular formula is C20H31NO3. The lowest BCUT2D eigenvalue weighted by Crippen LogP contribution is -2.63. The Labute approximate surface area is 145 Å². The summed E-state index contributed by atoms with van der Waals surface area (Å²) in [7, 11) is 0. The van der Waals surface area contributed by atoms with Crippen molar-refractivity contribution < 1.29 is 14.4 Å². The molecule has 134 valence electrons. The Kier molecular flexibility index (Phi) is 4.00. The van der Waals surface area contributed by atoms with Gasteiger partial charge in [0.05, 0.1) is 23.3 Å². The standard InChI is InChI=1S/C20H31NO3/c1-8-9-23-21-19(4,5)10-13-16-14(22)11-18(2,3)12-15(16)24-17(13)20(21,6)7/h10,17H,8-9,11-12H2,1-7H3. The fraction of sp³-hybridized carbons (Fsp3) is 0.750. The number of hydrogen-bond donors (Lipinski definition) is 0. The quantitative estimate of drug-likeness (QED) is 0.777. The summed E-state index contributed by atoms with van der Waals surface area (Å²) in [6.45, 7) is 15.7. The Morgan fingerprint density at radius 2 is 1.88 bits per heavy atom. The number of nitrogens with zero attached hydrogens (tertiary/aromatic N) is 1. The number of fused-ring (bicyclic) bond motifs is 2. The van der Waals surface area contributed by atoms with Gasteiger partial charge in [0.1, 0.15) is 11.9 Å². The summed E-state index contributed by atoms with van der Waals surface area (Å²) in [5.74, 6) is 1.11. The van der Waals surface area contributed by atoms with Crippen LogP contribution in [0.15, 0.2) is 23.0 Å². The van der Waals surface area contributed by atoms with Crippen LogP contribution < -0.4 is 0 Å². The number of Topliss-reactive ketones (excluding diaryl/α,β-unsaturated/α-hetero) is 1. The van der Waals surface area contributed by atoms with E-state index >= 15 is 0 Å². The first-order valence-corrected chi connectivity index (χ1v) is 9.09. The number of carbonyl (C=O) groups is 1. The van der Waals surface area contributed by atoms with Gasteiger partial charge in [-0.3, -0.25) is 9.63 Å². The molecule has 1 aliphatic carbocycles. The zero-order valence-corrected chi connectivity index (χ0v) is 16.2. The molecule has 24 heavy (non-hydrogen) atoms. The minimum absolute atomic E-state index is 0.0258. The Morgan fingerprint density at radius 3 is 2.50 bits per heavy atom. The third-order valence-electron chi connectivity index (χ3n) is 5.29. The molecule has 0 aromatic rings. The average Bonchev–Trinajstić information content (AvgIpc) is 2.75. The molecule has 0 fully saturated rings. The Morgan fingerprint density at radius 1 is 1.21 bits per heavy atom. The van der Waals surface area contributed by atoms with Crippen LogP contribution in [-0.2, 0) is 14.4 Å². The SMILES string of the molecule is CCCON1C(C)(C)C=C2C3=C(CC(C)(C)CC3=O)OC2C1(C)C. The summed E-state index contributed by atoms with van der Waals surface area (Å²) >= 11 is 0. The van der Waals surface area contributed by atoms with Crippen molar-refractivity contribution in [2.24, 2.45) is 5.41 Å². The van der Waals surface area contributed by atoms with Gasteiger partial charge in [-0.15, -0.1) is 0 Å². The van der Waals surface area contributed by atoms with Crippen molar-refractivity contribution >= 4 is 5.78 Å². The van der Waals surface area contributed by atoms with E-state index < -0.39 is 0 Å². The van der Waals surface area contributed by atoms with Gasteiger partial charge in [0.25, 0.3) is 0 Å². The molecule has 3 rings (SSSR count). The smallest absolute Gasteiger partial charge is 0.167 e. The number of carbonyl (C=O) groups excluding carboxylic acids is 1. The first kappa shape index (κ1) is 17.7. The van der Waals surface area contributed by atoms with Crippen LogP contribution in [0.25, 0.3) is 0 Å². The third kappa shape index (κ3) is 2.64. The second-order valence-corrected chi connectivity index (χ2v) is 9.27. The van der Waals surface area contributed by atoms with Gasteiger partial charge in [0.2, 0.25) is 0 Å². The first-order chi connectivity index (χ1) is 11.0. The van der Waals surface area contributed by atoms with Crippen molar-refractivity contribution in [2.45, 2.75) is 84.9 Å². The molecule has 2 heterocycles. The Bertz CT molecular complexity index is 625. The second-order valence-electron chi connectivity index (χ2n) is 9.27. The van der Waals surface area contributed by atoms with Crippen molar-refractivity contribution in [1.29, 1.82) is 0 Å². The fourth-order valence-corrected chi connectivity index (χ4v) is 4.50. The van der Waals surface area contributed by atoms with Crippen LogP contribution in [0.4, 0.5) is 0 Å². The highest BCUT2D eigenvalue weighted by Gasteiger charge is 2.56. The van der Waals surface area contributed by atoms with Gasteiger partial charge in [-0.25, -0.2) is 0 Å². The summed E-state index contributed by atoms with van der Waals surface area (Å²) in [5, 5.41) is 2.06. The van der Waals surface area contributed by atoms with Gasteiger partial charge >= 0.3 is 0 Å². The van der Waals surface area contributed by atoms with Gasteiger partial charge in [-0.1, -0.05) is 26.8 Å². The van der Waals surface area contributed by atoms with Crippen molar-refractivity contribution in [2.75, 3.05) is 6.61 Å². The van der Waals surface area contributed by atoms with Crippen molar-refractivity contribution in [3.05, 3.63) is 23.0 Å². The number of hydrogen-bond acceptors (Lipinski definition) is 4. The average molecular weight is 333 g/mol. The molecule has 0 N–H and O–H groups in total. The molecule has 1 atom stereocenters. The summed E-state index contributed by atoms with van der Waals surface area (Å²) in [4.78, 5) is 18.9. The van der Waals surface area contributed by atoms with Crippen LogP contribution in [0.1, 0.15) is 67.7 Å². The molecule has 0 aromatic carbocycles. The molecule has 0 saturated heterocycles. The van der Waals surface area contributed by atoms with Crippen LogP contribution in [0.3, 0.4) is 0 Å². The molecule has 0 amide bonds. The molecule has 0 aromatic heterocycles. The predicted molar refractivity (Wildman–Crippen MR) is 94.2 cm³/mol. The minimum atomic E-state index is -0.343. The van der Waals surface area contributed by atoms with E-state index in [-0.39, 0.29) is 28.4 Å². The lowest BCUT2D eigenvalue weighted by atomic mass is 9.72. The maximum Gasteiger partial charge on any atom is 0.167 e. The molecule has 3 aliphatic rings. The van der Waals surface area contributed by atoms with Crippen molar-refractivity contribution in [3.63, 3.8) is 0 Å². The topological polar surface area (TPSA) is 38.8 Å². The second kappa shape index (κ2) is 5.43. The number of allylic oxidation sites excluding steroid dienone is 1. The van der Waals surface area contributed by atoms with Gasteiger partial charge in [0.15, 0.2) is 5.78 Å². The van der Waals surface area contributed by atoms with Crippen LogP contribution in [0.5, 0.6) is 0 Å². The lowest BCUT2D eigenvalue weighted by Gasteiger charge is -2.51. The zero-order chi connectivity index (χ0) is 17.9. The summed E-state index contributed by atoms with van der Waals surface area (Å²) < 4.78 is 6.36. The minimum Gasteiger partial charge on any atom is -0.487 e. The highest BCUT2D eigenvalue weighted by Crippen LogP contribution is 2.51. The molecule has 0 saturated carbocycles. The number of hydroxylamine groups is 2. The highest BCUT2D eigenvalue weighted by molar-refractivity contribution is 6.02. The fourth-order valence-electron chi connectivity index (χ4n) is 4.50. The van der Waals surface area contributed by atoms with E-state index in [1.807, 2.05) is 0 Å². The molecule has 2 aliphatic heterocycles. The van der Waals surface area contributed by atoms with Crippen LogP contribution in [-0.4, -0.2) is 34.6 Å². The van der Waals surface area contributed by atoms with Gasteiger partial charge in [-0.2, -0.15) is 5.06 Å². The molecule has 0 radical (unpaired) electrons. The van der Waals surface area contributed by atoms with Crippen LogP contribution >= 0.6 is 0 Å². The van der Waals surface area contributed by atoms with Crippen molar-refractivity contribution in [1.82, 2.24) is 5.06 Å². The van der Waals surface area contributed by atoms with Gasteiger partial charge < -0.3 is 4.74 Å². The third-order valence-corrected chi connectivity index (χ3v) is 5.29. The summed E-state index contributed by atoms with van der Waals surface area (Å²) in [6, 6.07) is 0. The lowest BCUT2D eigenvalue weighted by molar-refractivity contribution is -0.275. The van der Waals surface area contributed by atoms with E-state index in [9.17, 15) is 4.79 Å². The largest absolute Gasteiger partial charge is 0.487 e. The normalized spacial score (nSPS) is 30.5. The molecule has 4 heteroatoms. The Hall–Kier alpha value is -1.13. The van der Waals surface area contributed by atoms with Crippen molar-refractivity contribution in [3.8, 4) is 0 Å². The summed E-state index contributed by atoms with van der Waals surface area (Å²) in [5.41, 5.74) is 1.25. The van der Waals surface area contributed by atoms with E-state index in [2.05, 4.69) is 59.6 Å². The van der Waals surface area contributed by atoms with Crippen LogP contribution in [0.2, 0.25) is 0 Å². The monoisotopic (exact) mass is 333 g/mol. The molecular weight excluding hydrogens is 302 g/mol. The highest BCUT2D eigenvalue weighted by atomic mass is 16.7. The maximum absolute atomic E-state index is 12.8. The van der Waals surface area contributed by atoms with E-state index in [0.29, 0.717) is 13.0 Å².